The lowest BCUT2D eigenvalue weighted by Gasteiger charge is -2.20. The predicted molar refractivity (Wildman–Crippen MR) is 89.1 cm³/mol. The summed E-state index contributed by atoms with van der Waals surface area (Å²) in [4.78, 5) is 0. The van der Waals surface area contributed by atoms with E-state index in [-0.39, 0.29) is 11.4 Å². The van der Waals surface area contributed by atoms with Gasteiger partial charge in [-0.05, 0) is 51.9 Å². The van der Waals surface area contributed by atoms with Crippen molar-refractivity contribution in [2.24, 2.45) is 0 Å². The highest BCUT2D eigenvalue weighted by Crippen LogP contribution is 2.27. The number of rotatable bonds is 5. The zero-order valence-electron chi connectivity index (χ0n) is 12.4. The summed E-state index contributed by atoms with van der Waals surface area (Å²) >= 11 is 4.82. The van der Waals surface area contributed by atoms with Crippen LogP contribution in [0.5, 0.6) is 0 Å². The van der Waals surface area contributed by atoms with Crippen molar-refractivity contribution in [2.45, 2.75) is 39.2 Å². The van der Waals surface area contributed by atoms with Crippen molar-refractivity contribution in [3.63, 3.8) is 0 Å². The molecule has 0 saturated carbocycles. The molecule has 0 radical (unpaired) electrons. The predicted octanol–water partition coefficient (Wildman–Crippen LogP) is 4.43. The molecule has 0 aliphatic carbocycles. The van der Waals surface area contributed by atoms with E-state index in [1.807, 2.05) is 6.07 Å². The lowest BCUT2D eigenvalue weighted by atomic mass is 10.1. The number of nitrogens with one attached hydrogen (secondary N) is 1. The molecule has 0 spiro atoms. The summed E-state index contributed by atoms with van der Waals surface area (Å²) in [6, 6.07) is 4.77. The first-order valence-corrected chi connectivity index (χ1v) is 8.48. The SMILES string of the molecule is CC(C)(C)NCCCc1nnc(-c2cc(F)cc(Br)c2)s1. The van der Waals surface area contributed by atoms with Gasteiger partial charge in [0.05, 0.1) is 0 Å². The Morgan fingerprint density at radius 3 is 2.67 bits per heavy atom. The van der Waals surface area contributed by atoms with Gasteiger partial charge in [0.15, 0.2) is 0 Å². The molecule has 2 rings (SSSR count). The van der Waals surface area contributed by atoms with Crippen LogP contribution in [0.1, 0.15) is 32.2 Å². The van der Waals surface area contributed by atoms with Gasteiger partial charge in [-0.3, -0.25) is 0 Å². The molecule has 0 unspecified atom stereocenters. The van der Waals surface area contributed by atoms with Crippen LogP contribution < -0.4 is 5.32 Å². The summed E-state index contributed by atoms with van der Waals surface area (Å²) < 4.78 is 14.1. The van der Waals surface area contributed by atoms with E-state index in [0.29, 0.717) is 4.47 Å². The standard InChI is InChI=1S/C15H19BrFN3S/c1-15(2,3)18-6-4-5-13-19-20-14(21-13)10-7-11(16)9-12(17)8-10/h7-9,18H,4-6H2,1-3H3. The van der Waals surface area contributed by atoms with Gasteiger partial charge in [-0.15, -0.1) is 10.2 Å². The fourth-order valence-electron chi connectivity index (χ4n) is 1.85. The van der Waals surface area contributed by atoms with Gasteiger partial charge >= 0.3 is 0 Å². The van der Waals surface area contributed by atoms with Crippen LogP contribution >= 0.6 is 27.3 Å². The van der Waals surface area contributed by atoms with Gasteiger partial charge in [0.2, 0.25) is 0 Å². The Balaban J connectivity index is 1.95. The first-order chi connectivity index (χ1) is 9.83. The second-order valence-electron chi connectivity index (χ2n) is 5.94. The summed E-state index contributed by atoms with van der Waals surface area (Å²) in [5.74, 6) is -0.273. The zero-order chi connectivity index (χ0) is 15.5. The molecule has 1 N–H and O–H groups in total. The molecule has 0 amide bonds. The first-order valence-electron chi connectivity index (χ1n) is 6.87. The topological polar surface area (TPSA) is 37.8 Å². The van der Waals surface area contributed by atoms with E-state index in [4.69, 9.17) is 0 Å². The Kier molecular flexibility index (Phi) is 5.46. The minimum atomic E-state index is -0.273. The van der Waals surface area contributed by atoms with Crippen LogP contribution in [0.25, 0.3) is 10.6 Å². The summed E-state index contributed by atoms with van der Waals surface area (Å²) in [6.07, 6.45) is 1.90. The molecule has 1 aromatic carbocycles. The average molecular weight is 372 g/mol. The van der Waals surface area contributed by atoms with E-state index >= 15 is 0 Å². The van der Waals surface area contributed by atoms with Gasteiger partial charge in [0.1, 0.15) is 15.8 Å². The number of hydrogen-bond donors (Lipinski definition) is 1. The van der Waals surface area contributed by atoms with Gasteiger partial charge in [-0.1, -0.05) is 27.3 Å². The molecule has 6 heteroatoms. The fraction of sp³-hybridized carbons (Fsp3) is 0.467. The van der Waals surface area contributed by atoms with Gasteiger partial charge in [-0.2, -0.15) is 0 Å². The number of hydrogen-bond acceptors (Lipinski definition) is 4. The highest BCUT2D eigenvalue weighted by molar-refractivity contribution is 9.10. The highest BCUT2D eigenvalue weighted by Gasteiger charge is 2.10. The normalized spacial score (nSPS) is 11.9. The van der Waals surface area contributed by atoms with E-state index in [1.165, 1.54) is 23.5 Å². The molecule has 0 atom stereocenters. The Morgan fingerprint density at radius 1 is 1.24 bits per heavy atom. The van der Waals surface area contributed by atoms with Crippen LogP contribution in [0, 0.1) is 5.82 Å². The van der Waals surface area contributed by atoms with Crippen molar-refractivity contribution in [3.8, 4) is 10.6 Å². The van der Waals surface area contributed by atoms with Gasteiger partial charge in [0, 0.05) is 22.0 Å². The fourth-order valence-corrected chi connectivity index (χ4v) is 3.19. The Labute approximate surface area is 137 Å². The van der Waals surface area contributed by atoms with Crippen LogP contribution in [0.15, 0.2) is 22.7 Å². The maximum atomic E-state index is 13.4. The highest BCUT2D eigenvalue weighted by atomic mass is 79.9. The maximum Gasteiger partial charge on any atom is 0.147 e. The quantitative estimate of drug-likeness (QED) is 0.790. The molecular formula is C15H19BrFN3S. The monoisotopic (exact) mass is 371 g/mol. The molecule has 2 aromatic rings. The minimum Gasteiger partial charge on any atom is -0.312 e. The maximum absolute atomic E-state index is 13.4. The third-order valence-electron chi connectivity index (χ3n) is 2.80. The lowest BCUT2D eigenvalue weighted by Crippen LogP contribution is -2.36. The molecule has 114 valence electrons. The van der Waals surface area contributed by atoms with E-state index in [0.717, 1.165) is 35.0 Å². The van der Waals surface area contributed by atoms with E-state index in [2.05, 4.69) is 52.2 Å². The third kappa shape index (κ3) is 5.45. The number of halogens is 2. The Bertz CT molecular complexity index is 587. The number of aryl methyl sites for hydroxylation is 1. The van der Waals surface area contributed by atoms with Crippen LogP contribution in [-0.4, -0.2) is 22.3 Å². The second-order valence-corrected chi connectivity index (χ2v) is 7.92. The van der Waals surface area contributed by atoms with Crippen molar-refractivity contribution in [1.82, 2.24) is 15.5 Å². The molecular weight excluding hydrogens is 353 g/mol. The van der Waals surface area contributed by atoms with Crippen molar-refractivity contribution in [3.05, 3.63) is 33.5 Å². The lowest BCUT2D eigenvalue weighted by molar-refractivity contribution is 0.422. The second kappa shape index (κ2) is 6.94. The van der Waals surface area contributed by atoms with Gasteiger partial charge in [0.25, 0.3) is 0 Å². The number of nitrogens with zero attached hydrogens (tertiary/aromatic N) is 2. The third-order valence-corrected chi connectivity index (χ3v) is 4.29. The van der Waals surface area contributed by atoms with E-state index in [1.54, 1.807) is 0 Å². The Hall–Kier alpha value is -0.850. The molecule has 1 aromatic heterocycles. The zero-order valence-corrected chi connectivity index (χ0v) is 14.8. The van der Waals surface area contributed by atoms with E-state index < -0.39 is 0 Å². The summed E-state index contributed by atoms with van der Waals surface area (Å²) in [7, 11) is 0. The van der Waals surface area contributed by atoms with Crippen LogP contribution in [-0.2, 0) is 6.42 Å². The largest absolute Gasteiger partial charge is 0.312 e. The van der Waals surface area contributed by atoms with Crippen LogP contribution in [0.3, 0.4) is 0 Å². The molecule has 1 heterocycles. The Morgan fingerprint density at radius 2 is 2.00 bits per heavy atom. The molecule has 21 heavy (non-hydrogen) atoms. The minimum absolute atomic E-state index is 0.139. The molecule has 0 aliphatic heterocycles. The molecule has 3 nitrogen and oxygen atoms in total. The summed E-state index contributed by atoms with van der Waals surface area (Å²) in [5.41, 5.74) is 0.901. The van der Waals surface area contributed by atoms with E-state index in [9.17, 15) is 4.39 Å². The van der Waals surface area contributed by atoms with Crippen LogP contribution in [0.2, 0.25) is 0 Å². The first kappa shape index (κ1) is 16.5. The van der Waals surface area contributed by atoms with Gasteiger partial charge < -0.3 is 5.32 Å². The molecule has 0 fully saturated rings. The van der Waals surface area contributed by atoms with Crippen molar-refractivity contribution < 1.29 is 4.39 Å². The molecule has 0 aliphatic rings. The van der Waals surface area contributed by atoms with Crippen molar-refractivity contribution >= 4 is 27.3 Å². The number of aromatic nitrogens is 2. The summed E-state index contributed by atoms with van der Waals surface area (Å²) in [5, 5.41) is 13.5. The number of benzene rings is 1. The van der Waals surface area contributed by atoms with Crippen LogP contribution in [0.4, 0.5) is 4.39 Å². The smallest absolute Gasteiger partial charge is 0.147 e. The molecule has 0 bridgehead atoms. The summed E-state index contributed by atoms with van der Waals surface area (Å²) in [6.45, 7) is 7.40. The molecule has 0 saturated heterocycles. The van der Waals surface area contributed by atoms with Gasteiger partial charge in [-0.25, -0.2) is 4.39 Å². The average Bonchev–Trinajstić information content (AvgIpc) is 2.81. The van der Waals surface area contributed by atoms with Crippen molar-refractivity contribution in [1.29, 1.82) is 0 Å². The van der Waals surface area contributed by atoms with Crippen molar-refractivity contribution in [2.75, 3.05) is 6.54 Å².